The maximum Gasteiger partial charge on any atom is 0.339 e. The van der Waals surface area contributed by atoms with Gasteiger partial charge in [0.2, 0.25) is 0 Å². The highest BCUT2D eigenvalue weighted by atomic mass is 79.9. The lowest BCUT2D eigenvalue weighted by Gasteiger charge is -2.26. The summed E-state index contributed by atoms with van der Waals surface area (Å²) in [6.07, 6.45) is 1.13. The molecule has 1 aliphatic rings. The SMILES string of the molecule is Cc1ccc(S(=O)(=O)Oc2c(Br)cc(Br)cc2/C=C2\C(=O)NC(=O)N(c3ccc(O)cc3)C2=O)cc1. The number of aromatic hydroxyl groups is 1. The molecule has 12 heteroatoms. The van der Waals surface area contributed by atoms with Gasteiger partial charge in [-0.05, 0) is 77.5 Å². The van der Waals surface area contributed by atoms with Crippen molar-refractivity contribution >= 4 is 71.6 Å². The Kier molecular flexibility index (Phi) is 7.03. The summed E-state index contributed by atoms with van der Waals surface area (Å²) < 4.78 is 32.0. The molecule has 36 heavy (non-hydrogen) atoms. The van der Waals surface area contributed by atoms with Crippen LogP contribution < -0.4 is 14.4 Å². The number of halogens is 2. The molecular formula is C24H16Br2N2O7S. The number of barbiturate groups is 1. The molecule has 0 atom stereocenters. The summed E-state index contributed by atoms with van der Waals surface area (Å²) >= 11 is 6.57. The molecule has 0 spiro atoms. The number of phenols is 1. The molecule has 4 amide bonds. The molecule has 1 fully saturated rings. The van der Waals surface area contributed by atoms with E-state index in [2.05, 4.69) is 37.2 Å². The predicted octanol–water partition coefficient (Wildman–Crippen LogP) is 4.66. The fraction of sp³-hybridized carbons (Fsp3) is 0.0417. The number of imide groups is 2. The largest absolute Gasteiger partial charge is 0.508 e. The Hall–Kier alpha value is -3.48. The molecule has 0 radical (unpaired) electrons. The van der Waals surface area contributed by atoms with Crippen molar-refractivity contribution < 1.29 is 32.1 Å². The van der Waals surface area contributed by atoms with Crippen LogP contribution in [0.25, 0.3) is 6.08 Å². The zero-order valence-corrected chi connectivity index (χ0v) is 22.3. The van der Waals surface area contributed by atoms with E-state index in [4.69, 9.17) is 4.18 Å². The number of hydrogen-bond acceptors (Lipinski definition) is 7. The Morgan fingerprint density at radius 3 is 2.25 bits per heavy atom. The van der Waals surface area contributed by atoms with E-state index in [1.165, 1.54) is 48.5 Å². The summed E-state index contributed by atoms with van der Waals surface area (Å²) in [6, 6.07) is 13.3. The van der Waals surface area contributed by atoms with Crippen LogP contribution in [0.1, 0.15) is 11.1 Å². The topological polar surface area (TPSA) is 130 Å². The summed E-state index contributed by atoms with van der Waals surface area (Å²) in [5.74, 6) is -2.16. The zero-order chi connectivity index (χ0) is 26.2. The molecule has 184 valence electrons. The molecule has 1 saturated heterocycles. The summed E-state index contributed by atoms with van der Waals surface area (Å²) in [5.41, 5.74) is 0.608. The van der Waals surface area contributed by atoms with Crippen molar-refractivity contribution in [2.24, 2.45) is 0 Å². The maximum atomic E-state index is 13.2. The van der Waals surface area contributed by atoms with Gasteiger partial charge >= 0.3 is 16.1 Å². The lowest BCUT2D eigenvalue weighted by Crippen LogP contribution is -2.54. The number of hydrogen-bond donors (Lipinski definition) is 2. The van der Waals surface area contributed by atoms with Crippen LogP contribution in [0.3, 0.4) is 0 Å². The molecule has 0 aliphatic carbocycles. The molecule has 0 bridgehead atoms. The molecule has 3 aromatic carbocycles. The molecule has 0 saturated carbocycles. The highest BCUT2D eigenvalue weighted by Crippen LogP contribution is 2.37. The first-order chi connectivity index (χ1) is 17.0. The number of phenolic OH excluding ortho intramolecular Hbond substituents is 1. The van der Waals surface area contributed by atoms with Crippen LogP contribution >= 0.6 is 31.9 Å². The Bertz CT molecular complexity index is 1530. The summed E-state index contributed by atoms with van der Waals surface area (Å²) in [7, 11) is -4.27. The minimum atomic E-state index is -4.27. The first kappa shape index (κ1) is 25.6. The van der Waals surface area contributed by atoms with E-state index in [1.54, 1.807) is 12.1 Å². The summed E-state index contributed by atoms with van der Waals surface area (Å²) in [6.45, 7) is 1.81. The van der Waals surface area contributed by atoms with Crippen LogP contribution in [0, 0.1) is 6.92 Å². The number of rotatable bonds is 5. The second kappa shape index (κ2) is 9.88. The van der Waals surface area contributed by atoms with Gasteiger partial charge in [-0.1, -0.05) is 33.6 Å². The van der Waals surface area contributed by atoms with Gasteiger partial charge in [0.25, 0.3) is 11.8 Å². The van der Waals surface area contributed by atoms with Gasteiger partial charge in [0.05, 0.1) is 10.2 Å². The van der Waals surface area contributed by atoms with Crippen LogP contribution in [0.15, 0.2) is 80.1 Å². The van der Waals surface area contributed by atoms with E-state index in [9.17, 15) is 27.9 Å². The smallest absolute Gasteiger partial charge is 0.339 e. The van der Waals surface area contributed by atoms with Gasteiger partial charge in [-0.2, -0.15) is 8.42 Å². The second-order valence-corrected chi connectivity index (χ2v) is 10.9. The zero-order valence-electron chi connectivity index (χ0n) is 18.4. The Morgan fingerprint density at radius 1 is 0.972 bits per heavy atom. The van der Waals surface area contributed by atoms with Gasteiger partial charge in [-0.25, -0.2) is 9.69 Å². The van der Waals surface area contributed by atoms with Gasteiger partial charge in [0.15, 0.2) is 5.75 Å². The Labute approximate surface area is 222 Å². The van der Waals surface area contributed by atoms with Crippen molar-refractivity contribution in [1.29, 1.82) is 0 Å². The van der Waals surface area contributed by atoms with Gasteiger partial charge in [0, 0.05) is 10.0 Å². The molecule has 1 aliphatic heterocycles. The first-order valence-electron chi connectivity index (χ1n) is 10.2. The second-order valence-electron chi connectivity index (χ2n) is 7.63. The lowest BCUT2D eigenvalue weighted by molar-refractivity contribution is -0.122. The predicted molar refractivity (Wildman–Crippen MR) is 138 cm³/mol. The van der Waals surface area contributed by atoms with Crippen LogP contribution in [0.5, 0.6) is 11.5 Å². The van der Waals surface area contributed by atoms with Crippen LogP contribution in [-0.4, -0.2) is 31.4 Å². The number of urea groups is 1. The number of amides is 4. The van der Waals surface area contributed by atoms with E-state index < -0.39 is 33.5 Å². The van der Waals surface area contributed by atoms with Crippen molar-refractivity contribution in [3.63, 3.8) is 0 Å². The quantitative estimate of drug-likeness (QED) is 0.237. The maximum absolute atomic E-state index is 13.2. The number of carbonyl (C=O) groups is 3. The number of anilines is 1. The highest BCUT2D eigenvalue weighted by molar-refractivity contribution is 9.11. The molecular weight excluding hydrogens is 620 g/mol. The Balaban J connectivity index is 1.78. The first-order valence-corrected chi connectivity index (χ1v) is 13.2. The average Bonchev–Trinajstić information content (AvgIpc) is 2.80. The molecule has 2 N–H and O–H groups in total. The normalized spacial score (nSPS) is 15.2. The van der Waals surface area contributed by atoms with E-state index in [0.29, 0.717) is 4.47 Å². The van der Waals surface area contributed by atoms with Crippen LogP contribution in [-0.2, 0) is 19.7 Å². The van der Waals surface area contributed by atoms with E-state index in [0.717, 1.165) is 16.5 Å². The van der Waals surface area contributed by atoms with Crippen LogP contribution in [0.4, 0.5) is 10.5 Å². The van der Waals surface area contributed by atoms with E-state index in [-0.39, 0.29) is 32.1 Å². The molecule has 0 unspecified atom stereocenters. The third-order valence-electron chi connectivity index (χ3n) is 5.05. The third kappa shape index (κ3) is 5.20. The van der Waals surface area contributed by atoms with Crippen molar-refractivity contribution in [2.45, 2.75) is 11.8 Å². The Morgan fingerprint density at radius 2 is 1.61 bits per heavy atom. The van der Waals surface area contributed by atoms with Crippen molar-refractivity contribution in [1.82, 2.24) is 5.32 Å². The molecule has 1 heterocycles. The van der Waals surface area contributed by atoms with Gasteiger partial charge in [-0.3, -0.25) is 14.9 Å². The monoisotopic (exact) mass is 634 g/mol. The van der Waals surface area contributed by atoms with Gasteiger partial charge < -0.3 is 9.29 Å². The summed E-state index contributed by atoms with van der Waals surface area (Å²) in [4.78, 5) is 38.8. The van der Waals surface area contributed by atoms with Crippen molar-refractivity contribution in [3.05, 3.63) is 86.3 Å². The number of benzene rings is 3. The van der Waals surface area contributed by atoms with Crippen molar-refractivity contribution in [3.8, 4) is 11.5 Å². The third-order valence-corrected chi connectivity index (χ3v) is 7.33. The minimum Gasteiger partial charge on any atom is -0.508 e. The number of nitrogens with zero attached hydrogens (tertiary/aromatic N) is 1. The van der Waals surface area contributed by atoms with Crippen molar-refractivity contribution in [2.75, 3.05) is 4.90 Å². The van der Waals surface area contributed by atoms with E-state index >= 15 is 0 Å². The highest BCUT2D eigenvalue weighted by Gasteiger charge is 2.37. The number of nitrogens with one attached hydrogen (secondary N) is 1. The lowest BCUT2D eigenvalue weighted by atomic mass is 10.1. The molecule has 3 aromatic rings. The number of aryl methyl sites for hydroxylation is 1. The van der Waals surface area contributed by atoms with Gasteiger partial charge in [-0.15, -0.1) is 0 Å². The molecule has 0 aromatic heterocycles. The fourth-order valence-corrected chi connectivity index (χ4v) is 5.70. The standard InChI is InChI=1S/C24H16Br2N2O7S/c1-13-2-8-18(9-3-13)36(33,34)35-21-14(10-15(25)12-20(21)26)11-19-22(30)27-24(32)28(23(19)31)16-4-6-17(29)7-5-16/h2-12,29H,1H3,(H,27,30,32)/b19-11+. The minimum absolute atomic E-state index is 0.0745. The average molecular weight is 636 g/mol. The van der Waals surface area contributed by atoms with Gasteiger partial charge in [0.1, 0.15) is 16.2 Å². The molecule has 4 rings (SSSR count). The molecule has 9 nitrogen and oxygen atoms in total. The number of carbonyl (C=O) groups excluding carboxylic acids is 3. The van der Waals surface area contributed by atoms with E-state index in [1.807, 2.05) is 6.92 Å². The summed E-state index contributed by atoms with van der Waals surface area (Å²) in [5, 5.41) is 11.6. The fourth-order valence-electron chi connectivity index (χ4n) is 3.29. The van der Waals surface area contributed by atoms with Crippen LogP contribution in [0.2, 0.25) is 0 Å².